The van der Waals surface area contributed by atoms with Gasteiger partial charge in [-0.2, -0.15) is 0 Å². The zero-order valence-corrected chi connectivity index (χ0v) is 9.16. The highest BCUT2D eigenvalue weighted by atomic mass is 16.3. The predicted molar refractivity (Wildman–Crippen MR) is 60.4 cm³/mol. The van der Waals surface area contributed by atoms with Crippen LogP contribution in [0.5, 0.6) is 0 Å². The molecule has 0 bridgehead atoms. The summed E-state index contributed by atoms with van der Waals surface area (Å²) in [5, 5.41) is 0. The molecular weight excluding hydrogens is 188 g/mol. The van der Waals surface area contributed by atoms with E-state index < -0.39 is 0 Å². The SMILES string of the molecule is CC(C)Cc1nc2cc(CN)ccc2o1. The molecule has 80 valence electrons. The van der Waals surface area contributed by atoms with Crippen molar-refractivity contribution in [2.24, 2.45) is 11.7 Å². The van der Waals surface area contributed by atoms with Gasteiger partial charge in [0.25, 0.3) is 0 Å². The maximum absolute atomic E-state index is 5.63. The Hall–Kier alpha value is -1.35. The highest BCUT2D eigenvalue weighted by molar-refractivity contribution is 5.73. The molecule has 0 atom stereocenters. The first-order chi connectivity index (χ1) is 7.19. The fourth-order valence-corrected chi connectivity index (χ4v) is 1.58. The number of rotatable bonds is 3. The summed E-state index contributed by atoms with van der Waals surface area (Å²) in [6.07, 6.45) is 0.882. The lowest BCUT2D eigenvalue weighted by atomic mass is 10.1. The van der Waals surface area contributed by atoms with Crippen molar-refractivity contribution >= 4 is 11.1 Å². The number of hydrogen-bond acceptors (Lipinski definition) is 3. The van der Waals surface area contributed by atoms with E-state index in [9.17, 15) is 0 Å². The molecule has 3 heteroatoms. The second-order valence-electron chi connectivity index (χ2n) is 4.21. The Bertz CT molecular complexity index is 460. The highest BCUT2D eigenvalue weighted by Crippen LogP contribution is 2.18. The molecule has 0 amide bonds. The summed E-state index contributed by atoms with van der Waals surface area (Å²) < 4.78 is 5.63. The average molecular weight is 204 g/mol. The smallest absolute Gasteiger partial charge is 0.195 e. The van der Waals surface area contributed by atoms with Crippen LogP contribution < -0.4 is 5.73 Å². The lowest BCUT2D eigenvalue weighted by Gasteiger charge is -1.96. The summed E-state index contributed by atoms with van der Waals surface area (Å²) in [5.74, 6) is 1.38. The van der Waals surface area contributed by atoms with Crippen molar-refractivity contribution in [2.45, 2.75) is 26.8 Å². The Morgan fingerprint density at radius 1 is 1.40 bits per heavy atom. The quantitative estimate of drug-likeness (QED) is 0.835. The largest absolute Gasteiger partial charge is 0.441 e. The summed E-state index contributed by atoms with van der Waals surface area (Å²) in [4.78, 5) is 4.44. The molecule has 1 aromatic carbocycles. The van der Waals surface area contributed by atoms with Crippen LogP contribution in [0.2, 0.25) is 0 Å². The third-order valence-electron chi connectivity index (χ3n) is 2.31. The topological polar surface area (TPSA) is 52.0 Å². The van der Waals surface area contributed by atoms with Crippen LogP contribution in [0.25, 0.3) is 11.1 Å². The van der Waals surface area contributed by atoms with Gasteiger partial charge in [0, 0.05) is 13.0 Å². The van der Waals surface area contributed by atoms with Crippen LogP contribution in [-0.2, 0) is 13.0 Å². The Balaban J connectivity index is 2.37. The van der Waals surface area contributed by atoms with Crippen LogP contribution in [0.4, 0.5) is 0 Å². The fraction of sp³-hybridized carbons (Fsp3) is 0.417. The fourth-order valence-electron chi connectivity index (χ4n) is 1.58. The highest BCUT2D eigenvalue weighted by Gasteiger charge is 2.07. The molecule has 0 saturated carbocycles. The van der Waals surface area contributed by atoms with Crippen LogP contribution in [0.1, 0.15) is 25.3 Å². The molecule has 2 N–H and O–H groups in total. The minimum atomic E-state index is 0.544. The number of fused-ring (bicyclic) bond motifs is 1. The van der Waals surface area contributed by atoms with Gasteiger partial charge in [-0.05, 0) is 23.6 Å². The summed E-state index contributed by atoms with van der Waals surface area (Å²) in [6, 6.07) is 5.91. The first-order valence-corrected chi connectivity index (χ1v) is 5.27. The molecule has 0 radical (unpaired) electrons. The molecule has 2 rings (SSSR count). The van der Waals surface area contributed by atoms with Gasteiger partial charge in [-0.3, -0.25) is 0 Å². The van der Waals surface area contributed by atoms with Crippen molar-refractivity contribution in [3.05, 3.63) is 29.7 Å². The van der Waals surface area contributed by atoms with Gasteiger partial charge >= 0.3 is 0 Å². The van der Waals surface area contributed by atoms with E-state index in [1.165, 1.54) is 0 Å². The molecule has 1 heterocycles. The van der Waals surface area contributed by atoms with Crippen LogP contribution in [0.3, 0.4) is 0 Å². The van der Waals surface area contributed by atoms with Gasteiger partial charge in [-0.15, -0.1) is 0 Å². The zero-order chi connectivity index (χ0) is 10.8. The van der Waals surface area contributed by atoms with Gasteiger partial charge < -0.3 is 10.2 Å². The van der Waals surface area contributed by atoms with Gasteiger partial charge in [0.2, 0.25) is 0 Å². The Kier molecular flexibility index (Phi) is 2.73. The van der Waals surface area contributed by atoms with Crippen LogP contribution >= 0.6 is 0 Å². The third-order valence-corrected chi connectivity index (χ3v) is 2.31. The van der Waals surface area contributed by atoms with Crippen molar-refractivity contribution < 1.29 is 4.42 Å². The minimum absolute atomic E-state index is 0.544. The maximum Gasteiger partial charge on any atom is 0.195 e. The van der Waals surface area contributed by atoms with Crippen molar-refractivity contribution in [2.75, 3.05) is 0 Å². The van der Waals surface area contributed by atoms with E-state index in [2.05, 4.69) is 18.8 Å². The Morgan fingerprint density at radius 2 is 2.20 bits per heavy atom. The molecule has 0 aliphatic heterocycles. The van der Waals surface area contributed by atoms with Crippen LogP contribution in [0.15, 0.2) is 22.6 Å². The van der Waals surface area contributed by atoms with E-state index in [0.29, 0.717) is 12.5 Å². The van der Waals surface area contributed by atoms with Crippen molar-refractivity contribution in [3.8, 4) is 0 Å². The van der Waals surface area contributed by atoms with Gasteiger partial charge in [0.05, 0.1) is 0 Å². The second kappa shape index (κ2) is 4.03. The summed E-state index contributed by atoms with van der Waals surface area (Å²) in [7, 11) is 0. The Morgan fingerprint density at radius 3 is 2.87 bits per heavy atom. The molecule has 15 heavy (non-hydrogen) atoms. The lowest BCUT2D eigenvalue weighted by molar-refractivity contribution is 0.482. The first kappa shape index (κ1) is 10.2. The number of nitrogens with zero attached hydrogens (tertiary/aromatic N) is 1. The molecule has 0 spiro atoms. The molecule has 1 aromatic heterocycles. The molecule has 3 nitrogen and oxygen atoms in total. The predicted octanol–water partition coefficient (Wildman–Crippen LogP) is 2.49. The molecule has 0 aliphatic rings. The summed E-state index contributed by atoms with van der Waals surface area (Å²) in [6.45, 7) is 4.85. The maximum atomic E-state index is 5.63. The van der Waals surface area contributed by atoms with E-state index in [1.54, 1.807) is 0 Å². The first-order valence-electron chi connectivity index (χ1n) is 5.27. The van der Waals surface area contributed by atoms with E-state index >= 15 is 0 Å². The summed E-state index contributed by atoms with van der Waals surface area (Å²) in [5.41, 5.74) is 8.42. The van der Waals surface area contributed by atoms with Crippen molar-refractivity contribution in [1.29, 1.82) is 0 Å². The molecular formula is C12H16N2O. The number of nitrogens with two attached hydrogens (primary N) is 1. The van der Waals surface area contributed by atoms with Crippen molar-refractivity contribution in [3.63, 3.8) is 0 Å². The minimum Gasteiger partial charge on any atom is -0.441 e. The van der Waals surface area contributed by atoms with E-state index in [4.69, 9.17) is 10.2 Å². The number of oxazole rings is 1. The average Bonchev–Trinajstić information content (AvgIpc) is 2.57. The Labute approximate surface area is 89.3 Å². The number of hydrogen-bond donors (Lipinski definition) is 1. The van der Waals surface area contributed by atoms with E-state index in [1.807, 2.05) is 18.2 Å². The molecule has 0 aliphatic carbocycles. The second-order valence-corrected chi connectivity index (χ2v) is 4.21. The normalized spacial score (nSPS) is 11.5. The van der Waals surface area contributed by atoms with Gasteiger partial charge in [0.15, 0.2) is 11.5 Å². The third kappa shape index (κ3) is 2.18. The van der Waals surface area contributed by atoms with Crippen LogP contribution in [0, 0.1) is 5.92 Å². The standard InChI is InChI=1S/C12H16N2O/c1-8(2)5-12-14-10-6-9(7-13)3-4-11(10)15-12/h3-4,6,8H,5,7,13H2,1-2H3. The van der Waals surface area contributed by atoms with E-state index in [-0.39, 0.29) is 0 Å². The van der Waals surface area contributed by atoms with Crippen molar-refractivity contribution in [1.82, 2.24) is 4.98 Å². The molecule has 2 aromatic rings. The number of aromatic nitrogens is 1. The van der Waals surface area contributed by atoms with Gasteiger partial charge in [-0.25, -0.2) is 4.98 Å². The summed E-state index contributed by atoms with van der Waals surface area (Å²) >= 11 is 0. The lowest BCUT2D eigenvalue weighted by Crippen LogP contribution is -1.95. The van der Waals surface area contributed by atoms with Crippen LogP contribution in [-0.4, -0.2) is 4.98 Å². The molecule has 0 unspecified atom stereocenters. The van der Waals surface area contributed by atoms with Gasteiger partial charge in [-0.1, -0.05) is 19.9 Å². The molecule has 0 fully saturated rings. The van der Waals surface area contributed by atoms with Gasteiger partial charge in [0.1, 0.15) is 5.52 Å². The number of benzene rings is 1. The molecule has 0 saturated heterocycles. The monoisotopic (exact) mass is 204 g/mol. The van der Waals surface area contributed by atoms with E-state index in [0.717, 1.165) is 29.0 Å². The zero-order valence-electron chi connectivity index (χ0n) is 9.16.